The standard InChI is InChI=1S/C23H29N3O2/c27-22(25-16-8-9-16)19-14-21(26-20-7-3-2-6-18(19)20)24-17-10-13-28-23(15-17)11-4-1-5-12-23/h2-3,6-7,14,16-17H,1,4-5,8-13,15H2,(H,24,26)(H,25,27). The van der Waals surface area contributed by atoms with Gasteiger partial charge in [0.2, 0.25) is 0 Å². The number of carbonyl (C=O) groups is 1. The number of amides is 1. The molecule has 0 bridgehead atoms. The minimum Gasteiger partial charge on any atom is -0.375 e. The molecule has 1 amide bonds. The zero-order valence-corrected chi connectivity index (χ0v) is 16.4. The van der Waals surface area contributed by atoms with Gasteiger partial charge in [0.05, 0.1) is 16.7 Å². The molecular weight excluding hydrogens is 350 g/mol. The van der Waals surface area contributed by atoms with Gasteiger partial charge in [-0.1, -0.05) is 37.5 Å². The summed E-state index contributed by atoms with van der Waals surface area (Å²) in [4.78, 5) is 17.6. The Morgan fingerprint density at radius 3 is 2.71 bits per heavy atom. The van der Waals surface area contributed by atoms with Crippen LogP contribution in [0.25, 0.3) is 10.9 Å². The molecule has 5 nitrogen and oxygen atoms in total. The molecule has 2 aliphatic carbocycles. The third-order valence-corrected chi connectivity index (χ3v) is 6.48. The highest BCUT2D eigenvalue weighted by molar-refractivity contribution is 6.07. The summed E-state index contributed by atoms with van der Waals surface area (Å²) in [6, 6.07) is 10.5. The largest absolute Gasteiger partial charge is 0.375 e. The first-order valence-corrected chi connectivity index (χ1v) is 10.8. The Morgan fingerprint density at radius 1 is 1.07 bits per heavy atom. The Kier molecular flexibility index (Phi) is 4.71. The van der Waals surface area contributed by atoms with Gasteiger partial charge in [-0.05, 0) is 50.7 Å². The molecule has 1 atom stereocenters. The third-order valence-electron chi connectivity index (χ3n) is 6.48. The maximum absolute atomic E-state index is 12.8. The molecule has 5 rings (SSSR count). The van der Waals surface area contributed by atoms with Crippen molar-refractivity contribution in [3.05, 3.63) is 35.9 Å². The number of benzene rings is 1. The average molecular weight is 380 g/mol. The van der Waals surface area contributed by atoms with Crippen molar-refractivity contribution in [3.63, 3.8) is 0 Å². The maximum atomic E-state index is 12.8. The molecule has 1 aromatic carbocycles. The van der Waals surface area contributed by atoms with E-state index in [9.17, 15) is 4.79 Å². The van der Waals surface area contributed by atoms with Gasteiger partial charge in [0.1, 0.15) is 5.82 Å². The lowest BCUT2D eigenvalue weighted by Crippen LogP contribution is -2.45. The SMILES string of the molecule is O=C(NC1CC1)c1cc(NC2CCOC3(CCCCC3)C2)nc2ccccc12. The lowest BCUT2D eigenvalue weighted by Gasteiger charge is -2.43. The van der Waals surface area contributed by atoms with Gasteiger partial charge in [-0.3, -0.25) is 4.79 Å². The Morgan fingerprint density at radius 2 is 1.89 bits per heavy atom. The zero-order valence-electron chi connectivity index (χ0n) is 16.4. The number of ether oxygens (including phenoxy) is 1. The van der Waals surface area contributed by atoms with E-state index in [1.807, 2.05) is 30.3 Å². The molecule has 2 heterocycles. The van der Waals surface area contributed by atoms with Crippen LogP contribution in [-0.2, 0) is 4.74 Å². The molecule has 1 saturated heterocycles. The number of hydrogen-bond acceptors (Lipinski definition) is 4. The fourth-order valence-corrected chi connectivity index (χ4v) is 4.83. The van der Waals surface area contributed by atoms with E-state index in [0.29, 0.717) is 12.1 Å². The summed E-state index contributed by atoms with van der Waals surface area (Å²) in [5, 5.41) is 7.68. The zero-order chi connectivity index (χ0) is 19.0. The predicted octanol–water partition coefficient (Wildman–Crippen LogP) is 4.42. The van der Waals surface area contributed by atoms with Crippen LogP contribution in [0.15, 0.2) is 30.3 Å². The number of nitrogens with one attached hydrogen (secondary N) is 2. The van der Waals surface area contributed by atoms with Gasteiger partial charge in [0.15, 0.2) is 0 Å². The summed E-state index contributed by atoms with van der Waals surface area (Å²) < 4.78 is 6.23. The van der Waals surface area contributed by atoms with Crippen LogP contribution >= 0.6 is 0 Å². The number of aromatic nitrogens is 1. The van der Waals surface area contributed by atoms with Crippen LogP contribution in [0, 0.1) is 0 Å². The topological polar surface area (TPSA) is 63.2 Å². The maximum Gasteiger partial charge on any atom is 0.252 e. The second kappa shape index (κ2) is 7.36. The van der Waals surface area contributed by atoms with Crippen molar-refractivity contribution in [2.75, 3.05) is 11.9 Å². The van der Waals surface area contributed by atoms with Gasteiger partial charge >= 0.3 is 0 Å². The number of nitrogens with zero attached hydrogens (tertiary/aromatic N) is 1. The second-order valence-electron chi connectivity index (χ2n) is 8.75. The molecule has 3 aliphatic rings. The quantitative estimate of drug-likeness (QED) is 0.825. The molecule has 2 saturated carbocycles. The minimum absolute atomic E-state index is 0.0138. The van der Waals surface area contributed by atoms with Crippen LogP contribution in [0.5, 0.6) is 0 Å². The van der Waals surface area contributed by atoms with Crippen LogP contribution in [0.4, 0.5) is 5.82 Å². The van der Waals surface area contributed by atoms with E-state index in [2.05, 4.69) is 10.6 Å². The first kappa shape index (κ1) is 17.9. The van der Waals surface area contributed by atoms with Gasteiger partial charge in [0, 0.05) is 24.1 Å². The van der Waals surface area contributed by atoms with Gasteiger partial charge in [0.25, 0.3) is 5.91 Å². The fraction of sp³-hybridized carbons (Fsp3) is 0.565. The lowest BCUT2D eigenvalue weighted by atomic mass is 9.78. The molecule has 2 aromatic rings. The smallest absolute Gasteiger partial charge is 0.252 e. The van der Waals surface area contributed by atoms with E-state index in [1.54, 1.807) is 0 Å². The van der Waals surface area contributed by atoms with Crippen molar-refractivity contribution in [2.24, 2.45) is 0 Å². The molecule has 1 spiro atoms. The van der Waals surface area contributed by atoms with Gasteiger partial charge in [-0.2, -0.15) is 0 Å². The lowest BCUT2D eigenvalue weighted by molar-refractivity contribution is -0.103. The number of pyridine rings is 1. The number of rotatable bonds is 4. The number of anilines is 1. The predicted molar refractivity (Wildman–Crippen MR) is 111 cm³/mol. The monoisotopic (exact) mass is 379 g/mol. The van der Waals surface area contributed by atoms with E-state index < -0.39 is 0 Å². The highest BCUT2D eigenvalue weighted by atomic mass is 16.5. The minimum atomic E-state index is 0.0138. The first-order chi connectivity index (χ1) is 13.7. The highest BCUT2D eigenvalue weighted by Gasteiger charge is 2.38. The van der Waals surface area contributed by atoms with E-state index >= 15 is 0 Å². The van der Waals surface area contributed by atoms with Crippen LogP contribution in [0.2, 0.25) is 0 Å². The molecule has 5 heteroatoms. The van der Waals surface area contributed by atoms with Crippen LogP contribution < -0.4 is 10.6 Å². The second-order valence-corrected chi connectivity index (χ2v) is 8.75. The Labute approximate surface area is 166 Å². The van der Waals surface area contributed by atoms with Crippen molar-refractivity contribution in [1.82, 2.24) is 10.3 Å². The molecule has 1 aromatic heterocycles. The molecular formula is C23H29N3O2. The van der Waals surface area contributed by atoms with Crippen LogP contribution in [0.3, 0.4) is 0 Å². The van der Waals surface area contributed by atoms with E-state index in [4.69, 9.17) is 9.72 Å². The summed E-state index contributed by atoms with van der Waals surface area (Å²) in [5.41, 5.74) is 1.64. The molecule has 28 heavy (non-hydrogen) atoms. The number of hydrogen-bond donors (Lipinski definition) is 2. The molecule has 148 valence electrons. The van der Waals surface area contributed by atoms with E-state index in [-0.39, 0.29) is 11.5 Å². The number of fused-ring (bicyclic) bond motifs is 1. The first-order valence-electron chi connectivity index (χ1n) is 10.8. The molecule has 0 radical (unpaired) electrons. The number of carbonyl (C=O) groups excluding carboxylic acids is 1. The normalized spacial score (nSPS) is 24.2. The van der Waals surface area contributed by atoms with Crippen molar-refractivity contribution < 1.29 is 9.53 Å². The van der Waals surface area contributed by atoms with Crippen molar-refractivity contribution in [3.8, 4) is 0 Å². The molecule has 1 unspecified atom stereocenters. The van der Waals surface area contributed by atoms with Gasteiger partial charge in [-0.15, -0.1) is 0 Å². The summed E-state index contributed by atoms with van der Waals surface area (Å²) >= 11 is 0. The van der Waals surface area contributed by atoms with E-state index in [1.165, 1.54) is 32.1 Å². The Hall–Kier alpha value is -2.14. The van der Waals surface area contributed by atoms with Gasteiger partial charge < -0.3 is 15.4 Å². The Balaban J connectivity index is 1.40. The van der Waals surface area contributed by atoms with Crippen LogP contribution in [0.1, 0.15) is 68.1 Å². The molecule has 2 N–H and O–H groups in total. The average Bonchev–Trinajstić information content (AvgIpc) is 3.52. The summed E-state index contributed by atoms with van der Waals surface area (Å²) in [6.45, 7) is 0.806. The number of para-hydroxylation sites is 1. The fourth-order valence-electron chi connectivity index (χ4n) is 4.83. The highest BCUT2D eigenvalue weighted by Crippen LogP contribution is 2.39. The third kappa shape index (κ3) is 3.72. The summed E-state index contributed by atoms with van der Waals surface area (Å²) in [7, 11) is 0. The van der Waals surface area contributed by atoms with Crippen molar-refractivity contribution in [1.29, 1.82) is 0 Å². The molecule has 3 fully saturated rings. The summed E-state index contributed by atoms with van der Waals surface area (Å²) in [5.74, 6) is 0.817. The van der Waals surface area contributed by atoms with Crippen LogP contribution in [-0.4, -0.2) is 35.2 Å². The van der Waals surface area contributed by atoms with Crippen molar-refractivity contribution >= 4 is 22.6 Å². The van der Waals surface area contributed by atoms with Gasteiger partial charge in [-0.25, -0.2) is 4.98 Å². The summed E-state index contributed by atoms with van der Waals surface area (Å²) in [6.07, 6.45) is 10.4. The van der Waals surface area contributed by atoms with E-state index in [0.717, 1.165) is 54.6 Å². The Bertz CT molecular complexity index is 866. The van der Waals surface area contributed by atoms with Crippen molar-refractivity contribution in [2.45, 2.75) is 75.5 Å². The molecule has 1 aliphatic heterocycles.